The molecular formula is C15H13NO4. The van der Waals surface area contributed by atoms with Gasteiger partial charge < -0.3 is 9.84 Å². The monoisotopic (exact) mass is 271 g/mol. The molecule has 0 fully saturated rings. The predicted molar refractivity (Wildman–Crippen MR) is 73.9 cm³/mol. The van der Waals surface area contributed by atoms with E-state index in [1.807, 2.05) is 6.07 Å². The Morgan fingerprint density at radius 3 is 2.35 bits per heavy atom. The highest BCUT2D eigenvalue weighted by Gasteiger charge is 2.11. The van der Waals surface area contributed by atoms with Crippen LogP contribution in [0.15, 0.2) is 54.6 Å². The van der Waals surface area contributed by atoms with Crippen molar-refractivity contribution < 1.29 is 19.4 Å². The van der Waals surface area contributed by atoms with Crippen molar-refractivity contribution in [3.8, 4) is 5.75 Å². The lowest BCUT2D eigenvalue weighted by molar-refractivity contribution is -0.136. The van der Waals surface area contributed by atoms with Gasteiger partial charge in [-0.05, 0) is 18.2 Å². The third kappa shape index (κ3) is 3.84. The topological polar surface area (TPSA) is 75.6 Å². The summed E-state index contributed by atoms with van der Waals surface area (Å²) in [6.45, 7) is 0. The number of carbonyl (C=O) groups excluding carboxylic acids is 1. The number of nitrogens with one attached hydrogen (secondary N) is 1. The third-order valence-corrected chi connectivity index (χ3v) is 2.54. The molecule has 0 aliphatic carbocycles. The summed E-state index contributed by atoms with van der Waals surface area (Å²) >= 11 is 0. The van der Waals surface area contributed by atoms with Crippen LogP contribution >= 0.6 is 0 Å². The van der Waals surface area contributed by atoms with Crippen molar-refractivity contribution in [3.63, 3.8) is 0 Å². The third-order valence-electron chi connectivity index (χ3n) is 2.54. The zero-order valence-electron chi connectivity index (χ0n) is 10.6. The zero-order valence-corrected chi connectivity index (χ0v) is 10.6. The normalized spacial score (nSPS) is 9.80. The van der Waals surface area contributed by atoms with Gasteiger partial charge in [-0.3, -0.25) is 10.1 Å². The van der Waals surface area contributed by atoms with Crippen molar-refractivity contribution in [1.82, 2.24) is 0 Å². The number of carboxylic acid groups (broad SMARTS) is 1. The van der Waals surface area contributed by atoms with E-state index in [1.165, 1.54) is 0 Å². The summed E-state index contributed by atoms with van der Waals surface area (Å²) in [6.07, 6.45) is -0.858. The molecule has 20 heavy (non-hydrogen) atoms. The van der Waals surface area contributed by atoms with Crippen molar-refractivity contribution in [2.45, 2.75) is 6.42 Å². The molecule has 0 aliphatic heterocycles. The summed E-state index contributed by atoms with van der Waals surface area (Å²) in [5.74, 6) is -0.743. The average Bonchev–Trinajstić information content (AvgIpc) is 2.41. The second-order valence-corrected chi connectivity index (χ2v) is 4.06. The zero-order chi connectivity index (χ0) is 14.4. The van der Waals surface area contributed by atoms with E-state index in [0.29, 0.717) is 11.3 Å². The van der Waals surface area contributed by atoms with E-state index in [9.17, 15) is 9.59 Å². The van der Waals surface area contributed by atoms with Crippen molar-refractivity contribution in [2.75, 3.05) is 5.32 Å². The smallest absolute Gasteiger partial charge is 0.417 e. The van der Waals surface area contributed by atoms with Crippen LogP contribution in [0.3, 0.4) is 0 Å². The van der Waals surface area contributed by atoms with Gasteiger partial charge in [0.1, 0.15) is 5.75 Å². The minimum Gasteiger partial charge on any atom is -0.481 e. The van der Waals surface area contributed by atoms with Crippen LogP contribution in [0, 0.1) is 0 Å². The Morgan fingerprint density at radius 2 is 1.65 bits per heavy atom. The van der Waals surface area contributed by atoms with E-state index in [4.69, 9.17) is 9.84 Å². The van der Waals surface area contributed by atoms with Gasteiger partial charge in [0.15, 0.2) is 0 Å². The summed E-state index contributed by atoms with van der Waals surface area (Å²) in [5.41, 5.74) is 1.05. The largest absolute Gasteiger partial charge is 0.481 e. The van der Waals surface area contributed by atoms with Crippen LogP contribution in [0.5, 0.6) is 5.75 Å². The van der Waals surface area contributed by atoms with Crippen LogP contribution in [0.2, 0.25) is 0 Å². The van der Waals surface area contributed by atoms with Gasteiger partial charge in [0.05, 0.1) is 6.42 Å². The standard InChI is InChI=1S/C15H13NO4/c17-14(18)10-11-6-4-5-9-13(11)20-15(19)16-12-7-2-1-3-8-12/h1-9H,10H2,(H,16,19)(H,17,18). The number of hydrogen-bond donors (Lipinski definition) is 2. The maximum atomic E-state index is 11.7. The van der Waals surface area contributed by atoms with Gasteiger partial charge in [-0.1, -0.05) is 36.4 Å². The summed E-state index contributed by atoms with van der Waals surface area (Å²) in [5, 5.41) is 11.4. The van der Waals surface area contributed by atoms with E-state index in [2.05, 4.69) is 5.32 Å². The fourth-order valence-corrected chi connectivity index (χ4v) is 1.68. The van der Waals surface area contributed by atoms with Crippen LogP contribution in [0.1, 0.15) is 5.56 Å². The molecule has 2 rings (SSSR count). The molecule has 2 N–H and O–H groups in total. The van der Waals surface area contributed by atoms with Crippen LogP contribution in [-0.2, 0) is 11.2 Å². The first kappa shape index (κ1) is 13.6. The Labute approximate surface area is 115 Å². The minimum atomic E-state index is -0.982. The number of carboxylic acids is 1. The van der Waals surface area contributed by atoms with Gasteiger partial charge >= 0.3 is 12.1 Å². The molecule has 5 nitrogen and oxygen atoms in total. The Bertz CT molecular complexity index is 610. The summed E-state index contributed by atoms with van der Waals surface area (Å²) in [7, 11) is 0. The molecule has 0 saturated carbocycles. The molecule has 0 aliphatic rings. The van der Waals surface area contributed by atoms with Gasteiger partial charge in [-0.25, -0.2) is 4.79 Å². The van der Waals surface area contributed by atoms with E-state index < -0.39 is 12.1 Å². The van der Waals surface area contributed by atoms with Crippen LogP contribution in [0.25, 0.3) is 0 Å². The van der Waals surface area contributed by atoms with Gasteiger partial charge in [0.25, 0.3) is 0 Å². The summed E-state index contributed by atoms with van der Waals surface area (Å²) < 4.78 is 5.14. The first-order chi connectivity index (χ1) is 9.65. The first-order valence-corrected chi connectivity index (χ1v) is 5.99. The molecule has 0 spiro atoms. The minimum absolute atomic E-state index is 0.200. The number of benzene rings is 2. The summed E-state index contributed by atoms with van der Waals surface area (Å²) in [4.78, 5) is 22.5. The number of ether oxygens (including phenoxy) is 1. The van der Waals surface area contributed by atoms with Gasteiger partial charge in [-0.2, -0.15) is 0 Å². The van der Waals surface area contributed by atoms with E-state index in [1.54, 1.807) is 48.5 Å². The highest BCUT2D eigenvalue weighted by Crippen LogP contribution is 2.19. The molecule has 102 valence electrons. The molecule has 0 heterocycles. The SMILES string of the molecule is O=C(O)Cc1ccccc1OC(=O)Nc1ccccc1. The maximum absolute atomic E-state index is 11.7. The fourth-order valence-electron chi connectivity index (χ4n) is 1.68. The molecular weight excluding hydrogens is 258 g/mol. The Hall–Kier alpha value is -2.82. The number of rotatable bonds is 4. The van der Waals surface area contributed by atoms with Crippen LogP contribution in [-0.4, -0.2) is 17.2 Å². The number of carbonyl (C=O) groups is 2. The molecule has 0 atom stereocenters. The maximum Gasteiger partial charge on any atom is 0.417 e. The number of aliphatic carboxylic acids is 1. The van der Waals surface area contributed by atoms with E-state index >= 15 is 0 Å². The lowest BCUT2D eigenvalue weighted by Crippen LogP contribution is -2.17. The quantitative estimate of drug-likeness (QED) is 0.896. The lowest BCUT2D eigenvalue weighted by Gasteiger charge is -2.09. The fraction of sp³-hybridized carbons (Fsp3) is 0.0667. The number of amides is 1. The van der Waals surface area contributed by atoms with Crippen molar-refractivity contribution in [3.05, 3.63) is 60.2 Å². The molecule has 0 bridgehead atoms. The molecule has 0 aromatic heterocycles. The van der Waals surface area contributed by atoms with Crippen molar-refractivity contribution in [2.24, 2.45) is 0 Å². The Kier molecular flexibility index (Phi) is 4.34. The van der Waals surface area contributed by atoms with Crippen LogP contribution in [0.4, 0.5) is 10.5 Å². The highest BCUT2D eigenvalue weighted by atomic mass is 16.6. The average molecular weight is 271 g/mol. The molecule has 2 aromatic carbocycles. The van der Waals surface area contributed by atoms with Gasteiger partial charge in [0.2, 0.25) is 0 Å². The van der Waals surface area contributed by atoms with E-state index in [-0.39, 0.29) is 12.2 Å². The summed E-state index contributed by atoms with van der Waals surface area (Å²) in [6, 6.07) is 15.4. The van der Waals surface area contributed by atoms with Crippen LogP contribution < -0.4 is 10.1 Å². The van der Waals surface area contributed by atoms with Crippen molar-refractivity contribution in [1.29, 1.82) is 0 Å². The molecule has 0 unspecified atom stereocenters. The molecule has 1 amide bonds. The number of hydrogen-bond acceptors (Lipinski definition) is 3. The molecule has 5 heteroatoms. The molecule has 0 saturated heterocycles. The first-order valence-electron chi connectivity index (χ1n) is 5.99. The predicted octanol–water partition coefficient (Wildman–Crippen LogP) is 2.92. The van der Waals surface area contributed by atoms with Crippen molar-refractivity contribution >= 4 is 17.7 Å². The molecule has 0 radical (unpaired) electrons. The second-order valence-electron chi connectivity index (χ2n) is 4.06. The van der Waals surface area contributed by atoms with E-state index in [0.717, 1.165) is 0 Å². The van der Waals surface area contributed by atoms with Gasteiger partial charge in [0, 0.05) is 11.3 Å². The second kappa shape index (κ2) is 6.38. The number of anilines is 1. The molecule has 2 aromatic rings. The van der Waals surface area contributed by atoms with Gasteiger partial charge in [-0.15, -0.1) is 0 Å². The lowest BCUT2D eigenvalue weighted by atomic mass is 10.1. The Balaban J connectivity index is 2.06. The Morgan fingerprint density at radius 1 is 1.00 bits per heavy atom. The number of para-hydroxylation sites is 2. The highest BCUT2D eigenvalue weighted by molar-refractivity contribution is 5.86.